The molecule has 136 valence electrons. The molecule has 1 unspecified atom stereocenters. The number of imide groups is 1. The van der Waals surface area contributed by atoms with Crippen molar-refractivity contribution in [2.24, 2.45) is 5.41 Å². The van der Waals surface area contributed by atoms with Crippen LogP contribution in [0.25, 0.3) is 0 Å². The molecule has 1 saturated heterocycles. The van der Waals surface area contributed by atoms with Crippen LogP contribution >= 0.6 is 0 Å². The molecule has 1 aromatic carbocycles. The van der Waals surface area contributed by atoms with E-state index in [1.807, 2.05) is 45.9 Å². The van der Waals surface area contributed by atoms with E-state index in [0.29, 0.717) is 18.4 Å². The molecular weight excluding hydrogens is 320 g/mol. The molecule has 3 amide bonds. The highest BCUT2D eigenvalue weighted by Gasteiger charge is 2.51. The van der Waals surface area contributed by atoms with Crippen LogP contribution in [-0.2, 0) is 19.9 Å². The Hall–Kier alpha value is -2.37. The average Bonchev–Trinajstić information content (AvgIpc) is 2.79. The van der Waals surface area contributed by atoms with Gasteiger partial charge in [0.1, 0.15) is 12.1 Å². The van der Waals surface area contributed by atoms with Gasteiger partial charge in [-0.2, -0.15) is 0 Å². The third kappa shape index (κ3) is 4.18. The number of benzene rings is 1. The Labute approximate surface area is 148 Å². The fourth-order valence-corrected chi connectivity index (χ4v) is 2.78. The van der Waals surface area contributed by atoms with Gasteiger partial charge in [-0.15, -0.1) is 0 Å². The van der Waals surface area contributed by atoms with Crippen molar-refractivity contribution >= 4 is 17.9 Å². The van der Waals surface area contributed by atoms with E-state index in [0.717, 1.165) is 4.90 Å². The van der Waals surface area contributed by atoms with E-state index in [1.54, 1.807) is 12.1 Å². The molecule has 0 spiro atoms. The highest BCUT2D eigenvalue weighted by Crippen LogP contribution is 2.32. The first-order valence-corrected chi connectivity index (χ1v) is 8.55. The summed E-state index contributed by atoms with van der Waals surface area (Å²) in [4.78, 5) is 38.1. The Morgan fingerprint density at radius 2 is 1.84 bits per heavy atom. The van der Waals surface area contributed by atoms with Gasteiger partial charge in [-0.1, -0.05) is 58.0 Å². The molecule has 0 bridgehead atoms. The minimum absolute atomic E-state index is 0.0474. The minimum Gasteiger partial charge on any atom is -0.464 e. The quantitative estimate of drug-likeness (QED) is 0.635. The van der Waals surface area contributed by atoms with Crippen LogP contribution in [0.3, 0.4) is 0 Å². The number of rotatable bonds is 6. The number of hydrogen-bond donors (Lipinski definition) is 1. The van der Waals surface area contributed by atoms with Crippen LogP contribution < -0.4 is 5.32 Å². The smallest absolute Gasteiger partial charge is 0.326 e. The number of esters is 1. The molecule has 0 aromatic heterocycles. The molecule has 0 saturated carbocycles. The number of amides is 3. The average molecular weight is 346 g/mol. The van der Waals surface area contributed by atoms with E-state index in [-0.39, 0.29) is 18.6 Å². The van der Waals surface area contributed by atoms with E-state index in [2.05, 4.69) is 5.32 Å². The van der Waals surface area contributed by atoms with Crippen molar-refractivity contribution in [3.8, 4) is 0 Å². The maximum atomic E-state index is 12.9. The highest BCUT2D eigenvalue weighted by molar-refractivity contribution is 6.09. The predicted octanol–water partition coefficient (Wildman–Crippen LogP) is 2.82. The lowest BCUT2D eigenvalue weighted by Gasteiger charge is -2.25. The Kier molecular flexibility index (Phi) is 5.50. The van der Waals surface area contributed by atoms with Crippen molar-refractivity contribution in [1.82, 2.24) is 10.2 Å². The van der Waals surface area contributed by atoms with Gasteiger partial charge in [0, 0.05) is 0 Å². The summed E-state index contributed by atoms with van der Waals surface area (Å²) >= 11 is 0. The Morgan fingerprint density at radius 1 is 1.20 bits per heavy atom. The highest BCUT2D eigenvalue weighted by atomic mass is 16.5. The minimum atomic E-state index is -1.12. The summed E-state index contributed by atoms with van der Waals surface area (Å²) in [6.07, 6.45) is 1.11. The molecule has 6 nitrogen and oxygen atoms in total. The Balaban J connectivity index is 2.07. The largest absolute Gasteiger partial charge is 0.464 e. The second-order valence-corrected chi connectivity index (χ2v) is 7.48. The van der Waals surface area contributed by atoms with Crippen LogP contribution in [-0.4, -0.2) is 36.0 Å². The zero-order valence-corrected chi connectivity index (χ0v) is 15.3. The molecule has 1 aromatic rings. The molecular formula is C19H26N2O4. The van der Waals surface area contributed by atoms with Crippen LogP contribution in [0.1, 0.15) is 46.1 Å². The molecule has 0 radical (unpaired) electrons. The lowest BCUT2D eigenvalue weighted by atomic mass is 9.87. The molecule has 6 heteroatoms. The molecule has 0 aliphatic carbocycles. The number of urea groups is 1. The zero-order valence-electron chi connectivity index (χ0n) is 15.3. The first-order chi connectivity index (χ1) is 11.7. The van der Waals surface area contributed by atoms with E-state index < -0.39 is 23.4 Å². The van der Waals surface area contributed by atoms with Gasteiger partial charge in [0.15, 0.2) is 0 Å². The molecule has 1 aliphatic heterocycles. The van der Waals surface area contributed by atoms with Gasteiger partial charge in [-0.3, -0.25) is 14.5 Å². The topological polar surface area (TPSA) is 75.7 Å². The molecule has 1 aliphatic rings. The Bertz CT molecular complexity index is 651. The standard InChI is InChI=1S/C19H26N2O4/c1-5-19(14-9-7-6-8-10-14)16(23)21(17(24)20-19)13-15(22)25-12-11-18(2,3)4/h6-10H,5,11-13H2,1-4H3,(H,20,24). The van der Waals surface area contributed by atoms with Crippen LogP contribution in [0, 0.1) is 5.41 Å². The maximum absolute atomic E-state index is 12.9. The monoisotopic (exact) mass is 346 g/mol. The summed E-state index contributed by atoms with van der Waals surface area (Å²) in [5, 5.41) is 2.75. The zero-order chi connectivity index (χ0) is 18.7. The fraction of sp³-hybridized carbons (Fsp3) is 0.526. The van der Waals surface area contributed by atoms with Crippen molar-refractivity contribution < 1.29 is 19.1 Å². The van der Waals surface area contributed by atoms with Crippen molar-refractivity contribution in [1.29, 1.82) is 0 Å². The van der Waals surface area contributed by atoms with E-state index >= 15 is 0 Å². The van der Waals surface area contributed by atoms with Crippen molar-refractivity contribution in [3.05, 3.63) is 35.9 Å². The lowest BCUT2D eigenvalue weighted by Crippen LogP contribution is -2.44. The predicted molar refractivity (Wildman–Crippen MR) is 93.7 cm³/mol. The van der Waals surface area contributed by atoms with Crippen molar-refractivity contribution in [2.75, 3.05) is 13.2 Å². The normalized spacial score (nSPS) is 20.6. The van der Waals surface area contributed by atoms with Gasteiger partial charge >= 0.3 is 12.0 Å². The van der Waals surface area contributed by atoms with Crippen LogP contribution in [0.5, 0.6) is 0 Å². The summed E-state index contributed by atoms with van der Waals surface area (Å²) in [5.74, 6) is -0.994. The van der Waals surface area contributed by atoms with Gasteiger partial charge in [-0.05, 0) is 23.8 Å². The van der Waals surface area contributed by atoms with Crippen molar-refractivity contribution in [2.45, 2.75) is 46.1 Å². The van der Waals surface area contributed by atoms with Gasteiger partial charge in [-0.25, -0.2) is 4.79 Å². The third-order valence-electron chi connectivity index (χ3n) is 4.37. The summed E-state index contributed by atoms with van der Waals surface area (Å²) in [5.41, 5.74) is -0.366. The van der Waals surface area contributed by atoms with Crippen LogP contribution in [0.15, 0.2) is 30.3 Å². The van der Waals surface area contributed by atoms with Gasteiger partial charge < -0.3 is 10.1 Å². The second kappa shape index (κ2) is 7.25. The SMILES string of the molecule is CCC1(c2ccccc2)NC(=O)N(CC(=O)OCCC(C)(C)C)C1=O. The molecule has 1 heterocycles. The second-order valence-electron chi connectivity index (χ2n) is 7.48. The number of ether oxygens (including phenoxy) is 1. The van der Waals surface area contributed by atoms with E-state index in [4.69, 9.17) is 4.74 Å². The number of hydrogen-bond acceptors (Lipinski definition) is 4. The van der Waals surface area contributed by atoms with Crippen LogP contribution in [0.2, 0.25) is 0 Å². The summed E-state index contributed by atoms with van der Waals surface area (Å²) in [6, 6.07) is 8.51. The molecule has 25 heavy (non-hydrogen) atoms. The van der Waals surface area contributed by atoms with E-state index in [9.17, 15) is 14.4 Å². The molecule has 2 rings (SSSR count). The maximum Gasteiger partial charge on any atom is 0.326 e. The van der Waals surface area contributed by atoms with Gasteiger partial charge in [0.05, 0.1) is 6.61 Å². The summed E-state index contributed by atoms with van der Waals surface area (Å²) in [7, 11) is 0. The first kappa shape index (κ1) is 19.0. The lowest BCUT2D eigenvalue weighted by molar-refractivity contribution is -0.148. The first-order valence-electron chi connectivity index (χ1n) is 8.55. The summed E-state index contributed by atoms with van der Waals surface area (Å²) < 4.78 is 5.17. The summed E-state index contributed by atoms with van der Waals surface area (Å²) in [6.45, 7) is 7.87. The van der Waals surface area contributed by atoms with Gasteiger partial charge in [0.2, 0.25) is 0 Å². The number of nitrogens with zero attached hydrogens (tertiary/aromatic N) is 1. The third-order valence-corrected chi connectivity index (χ3v) is 4.37. The number of nitrogens with one attached hydrogen (secondary N) is 1. The fourth-order valence-electron chi connectivity index (χ4n) is 2.78. The molecule has 1 fully saturated rings. The Morgan fingerprint density at radius 3 is 2.40 bits per heavy atom. The van der Waals surface area contributed by atoms with Crippen molar-refractivity contribution in [3.63, 3.8) is 0 Å². The van der Waals surface area contributed by atoms with Gasteiger partial charge in [0.25, 0.3) is 5.91 Å². The van der Waals surface area contributed by atoms with Crippen LogP contribution in [0.4, 0.5) is 4.79 Å². The number of carbonyl (C=O) groups excluding carboxylic acids is 3. The number of carbonyl (C=O) groups is 3. The molecule has 1 N–H and O–H groups in total. The van der Waals surface area contributed by atoms with E-state index in [1.165, 1.54) is 0 Å². The molecule has 1 atom stereocenters.